The van der Waals surface area contributed by atoms with Crippen LogP contribution in [0.2, 0.25) is 13.1 Å². The fourth-order valence-corrected chi connectivity index (χ4v) is 4.18. The molecular formula is C24H49O2Si. The molecule has 1 radical (unpaired) electrons. The molecule has 27 heavy (non-hydrogen) atoms. The van der Waals surface area contributed by atoms with E-state index in [2.05, 4.69) is 6.92 Å². The van der Waals surface area contributed by atoms with E-state index >= 15 is 0 Å². The predicted molar refractivity (Wildman–Crippen MR) is 122 cm³/mol. The average Bonchev–Trinajstić information content (AvgIpc) is 2.63. The largest absolute Gasteiger partial charge is 0.518 e. The molecule has 0 aliphatic rings. The molecule has 2 nitrogen and oxygen atoms in total. The fraction of sp³-hybridized carbons (Fsp3) is 0.958. The summed E-state index contributed by atoms with van der Waals surface area (Å²) in [6.45, 7) is 6.32. The Balaban J connectivity index is 3.06. The minimum absolute atomic E-state index is 0.0147. The normalized spacial score (nSPS) is 11.3. The van der Waals surface area contributed by atoms with Crippen LogP contribution in [0.15, 0.2) is 0 Å². The SMILES string of the molecule is CCCCCCCCCCCCCCCCCCCCCC(=O)O[Si](C)C. The average molecular weight is 398 g/mol. The molecular weight excluding hydrogens is 348 g/mol. The maximum atomic E-state index is 11.4. The van der Waals surface area contributed by atoms with Gasteiger partial charge in [0.2, 0.25) is 0 Å². The molecule has 161 valence electrons. The molecule has 0 aromatic rings. The van der Waals surface area contributed by atoms with E-state index in [0.717, 1.165) is 6.42 Å². The summed E-state index contributed by atoms with van der Waals surface area (Å²) in [7, 11) is -0.857. The summed E-state index contributed by atoms with van der Waals surface area (Å²) in [6.07, 6.45) is 26.9. The molecule has 0 N–H and O–H groups in total. The van der Waals surface area contributed by atoms with Crippen LogP contribution in [0.5, 0.6) is 0 Å². The maximum absolute atomic E-state index is 11.4. The van der Waals surface area contributed by atoms with Crippen LogP contribution in [0.4, 0.5) is 0 Å². The topological polar surface area (TPSA) is 26.3 Å². The molecule has 0 amide bonds. The molecule has 0 fully saturated rings. The maximum Gasteiger partial charge on any atom is 0.292 e. The number of carbonyl (C=O) groups excluding carboxylic acids is 1. The van der Waals surface area contributed by atoms with Gasteiger partial charge < -0.3 is 4.43 Å². The fourth-order valence-electron chi connectivity index (χ4n) is 3.63. The molecule has 0 rings (SSSR count). The van der Waals surface area contributed by atoms with Crippen molar-refractivity contribution >= 4 is 15.0 Å². The second-order valence-corrected chi connectivity index (χ2v) is 10.5. The predicted octanol–water partition coefficient (Wildman–Crippen LogP) is 8.60. The van der Waals surface area contributed by atoms with Crippen LogP contribution in [0.1, 0.15) is 135 Å². The van der Waals surface area contributed by atoms with Crippen molar-refractivity contribution < 1.29 is 9.22 Å². The highest BCUT2D eigenvalue weighted by molar-refractivity contribution is 6.50. The zero-order valence-electron chi connectivity index (χ0n) is 19.0. The van der Waals surface area contributed by atoms with Gasteiger partial charge in [0.05, 0.1) is 0 Å². The van der Waals surface area contributed by atoms with Crippen molar-refractivity contribution in [2.75, 3.05) is 0 Å². The van der Waals surface area contributed by atoms with Gasteiger partial charge in [-0.1, -0.05) is 122 Å². The van der Waals surface area contributed by atoms with E-state index in [-0.39, 0.29) is 5.97 Å². The van der Waals surface area contributed by atoms with Crippen LogP contribution < -0.4 is 0 Å². The summed E-state index contributed by atoms with van der Waals surface area (Å²) in [4.78, 5) is 11.4. The van der Waals surface area contributed by atoms with Gasteiger partial charge in [-0.15, -0.1) is 0 Å². The monoisotopic (exact) mass is 397 g/mol. The Morgan fingerprint density at radius 2 is 0.852 bits per heavy atom. The number of rotatable bonds is 21. The second kappa shape index (κ2) is 22.0. The van der Waals surface area contributed by atoms with Gasteiger partial charge >= 0.3 is 0 Å². The minimum atomic E-state index is -0.857. The highest BCUT2D eigenvalue weighted by atomic mass is 28.3. The van der Waals surface area contributed by atoms with Crippen LogP contribution >= 0.6 is 0 Å². The van der Waals surface area contributed by atoms with Gasteiger partial charge in [0.25, 0.3) is 15.0 Å². The van der Waals surface area contributed by atoms with Crippen molar-refractivity contribution in [2.24, 2.45) is 0 Å². The van der Waals surface area contributed by atoms with E-state index in [4.69, 9.17) is 4.43 Å². The lowest BCUT2D eigenvalue weighted by molar-refractivity contribution is -0.134. The van der Waals surface area contributed by atoms with E-state index in [1.807, 2.05) is 13.1 Å². The van der Waals surface area contributed by atoms with Crippen molar-refractivity contribution in [3.63, 3.8) is 0 Å². The van der Waals surface area contributed by atoms with Crippen molar-refractivity contribution in [2.45, 2.75) is 148 Å². The summed E-state index contributed by atoms with van der Waals surface area (Å²) in [5.74, 6) is 0.0147. The first-order valence-corrected chi connectivity index (χ1v) is 14.6. The first kappa shape index (κ1) is 26.7. The molecule has 0 unspecified atom stereocenters. The van der Waals surface area contributed by atoms with E-state index in [1.165, 1.54) is 116 Å². The van der Waals surface area contributed by atoms with Crippen molar-refractivity contribution in [3.05, 3.63) is 0 Å². The molecule has 3 heteroatoms. The summed E-state index contributed by atoms with van der Waals surface area (Å²) in [6, 6.07) is 0. The van der Waals surface area contributed by atoms with Crippen LogP contribution in [-0.4, -0.2) is 15.0 Å². The van der Waals surface area contributed by atoms with Gasteiger partial charge in [-0.25, -0.2) is 0 Å². The Hall–Kier alpha value is -0.313. The summed E-state index contributed by atoms with van der Waals surface area (Å²) < 4.78 is 5.25. The number of hydrogen-bond acceptors (Lipinski definition) is 2. The number of hydrogen-bond donors (Lipinski definition) is 0. The molecule has 0 atom stereocenters. The van der Waals surface area contributed by atoms with Crippen molar-refractivity contribution in [3.8, 4) is 0 Å². The summed E-state index contributed by atoms with van der Waals surface area (Å²) >= 11 is 0. The zero-order valence-corrected chi connectivity index (χ0v) is 20.0. The molecule has 0 aliphatic heterocycles. The zero-order chi connectivity index (χ0) is 20.0. The smallest absolute Gasteiger partial charge is 0.292 e. The minimum Gasteiger partial charge on any atom is -0.518 e. The van der Waals surface area contributed by atoms with Gasteiger partial charge in [0.15, 0.2) is 0 Å². The summed E-state index contributed by atoms with van der Waals surface area (Å²) in [5, 5.41) is 0. The molecule has 0 saturated carbocycles. The third-order valence-electron chi connectivity index (χ3n) is 5.30. The lowest BCUT2D eigenvalue weighted by Crippen LogP contribution is -2.14. The standard InChI is InChI=1S/C24H49O2Si/c1-4-5-6-7-8-9-10-11-12-13-14-15-16-17-18-19-20-21-22-23-24(25)26-27(2)3/h4-23H2,1-3H3. The van der Waals surface area contributed by atoms with Crippen LogP contribution in [-0.2, 0) is 9.22 Å². The third kappa shape index (κ3) is 23.6. The van der Waals surface area contributed by atoms with E-state index < -0.39 is 9.04 Å². The van der Waals surface area contributed by atoms with Gasteiger partial charge in [-0.3, -0.25) is 4.79 Å². The molecule has 0 bridgehead atoms. The quantitative estimate of drug-likeness (QED) is 0.143. The van der Waals surface area contributed by atoms with Gasteiger partial charge in [-0.05, 0) is 19.5 Å². The lowest BCUT2D eigenvalue weighted by Gasteiger charge is -2.06. The van der Waals surface area contributed by atoms with Gasteiger partial charge in [0.1, 0.15) is 0 Å². The molecule has 0 spiro atoms. The van der Waals surface area contributed by atoms with Crippen LogP contribution in [0, 0.1) is 0 Å². The highest BCUT2D eigenvalue weighted by Crippen LogP contribution is 2.14. The Kier molecular flexibility index (Phi) is 21.7. The van der Waals surface area contributed by atoms with Gasteiger partial charge in [0, 0.05) is 6.42 Å². The third-order valence-corrected chi connectivity index (χ3v) is 5.94. The van der Waals surface area contributed by atoms with E-state index in [9.17, 15) is 4.79 Å². The second-order valence-electron chi connectivity index (χ2n) is 8.50. The lowest BCUT2D eigenvalue weighted by atomic mass is 10.0. The van der Waals surface area contributed by atoms with Crippen molar-refractivity contribution in [1.29, 1.82) is 0 Å². The Morgan fingerprint density at radius 1 is 0.556 bits per heavy atom. The van der Waals surface area contributed by atoms with Gasteiger partial charge in [-0.2, -0.15) is 0 Å². The Morgan fingerprint density at radius 3 is 1.15 bits per heavy atom. The number of unbranched alkanes of at least 4 members (excludes halogenated alkanes) is 18. The highest BCUT2D eigenvalue weighted by Gasteiger charge is 2.06. The summed E-state index contributed by atoms with van der Waals surface area (Å²) in [5.41, 5.74) is 0. The first-order valence-electron chi connectivity index (χ1n) is 12.2. The molecule has 0 aliphatic carbocycles. The van der Waals surface area contributed by atoms with Crippen LogP contribution in [0.3, 0.4) is 0 Å². The molecule has 0 saturated heterocycles. The Labute approximate surface area is 173 Å². The first-order chi connectivity index (χ1) is 13.2. The Bertz CT molecular complexity index is 305. The van der Waals surface area contributed by atoms with Crippen molar-refractivity contribution in [1.82, 2.24) is 0 Å². The van der Waals surface area contributed by atoms with E-state index in [0.29, 0.717) is 6.42 Å². The molecule has 0 aromatic carbocycles. The molecule has 0 heterocycles. The van der Waals surface area contributed by atoms with E-state index in [1.54, 1.807) is 0 Å². The molecule has 0 aromatic heterocycles. The van der Waals surface area contributed by atoms with Crippen LogP contribution in [0.25, 0.3) is 0 Å². The number of carbonyl (C=O) groups is 1.